The molecule has 1 amide bonds. The molecule has 200 valence electrons. The largest absolute Gasteiger partial charge is 0.507 e. The molecule has 4 rings (SSSR count). The van der Waals surface area contributed by atoms with Crippen molar-refractivity contribution in [3.8, 4) is 17.0 Å². The number of nitrogens with one attached hydrogen (secondary N) is 1. The Bertz CT molecular complexity index is 1360. The van der Waals surface area contributed by atoms with Gasteiger partial charge >= 0.3 is 0 Å². The second kappa shape index (κ2) is 11.2. The first-order chi connectivity index (χ1) is 18.1. The third-order valence-corrected chi connectivity index (χ3v) is 6.46. The Morgan fingerprint density at radius 2 is 1.84 bits per heavy atom. The average molecular weight is 523 g/mol. The van der Waals surface area contributed by atoms with Gasteiger partial charge in [0.1, 0.15) is 28.9 Å². The summed E-state index contributed by atoms with van der Waals surface area (Å²) in [7, 11) is 2.02. The molecule has 1 aliphatic rings. The van der Waals surface area contributed by atoms with Gasteiger partial charge in [-0.05, 0) is 49.7 Å². The van der Waals surface area contributed by atoms with Crippen LogP contribution in [0.15, 0.2) is 41.5 Å². The highest BCUT2D eigenvalue weighted by molar-refractivity contribution is 6.07. The van der Waals surface area contributed by atoms with Crippen molar-refractivity contribution in [3.63, 3.8) is 0 Å². The molecular formula is C28H32F2N6O2. The molecule has 1 saturated heterocycles. The zero-order chi connectivity index (χ0) is 27.6. The fourth-order valence-electron chi connectivity index (χ4n) is 4.41. The topological polar surface area (TPSA) is 93.9 Å². The maximum absolute atomic E-state index is 15.7. The number of hydrogen-bond donors (Lipinski definition) is 2. The van der Waals surface area contributed by atoms with Gasteiger partial charge in [0, 0.05) is 39.3 Å². The average Bonchev–Trinajstić information content (AvgIpc) is 2.85. The van der Waals surface area contributed by atoms with Gasteiger partial charge in [0.15, 0.2) is 5.82 Å². The molecule has 2 N–H and O–H groups in total. The van der Waals surface area contributed by atoms with Gasteiger partial charge in [0.05, 0.1) is 22.5 Å². The summed E-state index contributed by atoms with van der Waals surface area (Å²) in [6.45, 7) is 10.0. The number of pyridine rings is 2. The molecule has 0 unspecified atom stereocenters. The minimum absolute atomic E-state index is 0.0156. The van der Waals surface area contributed by atoms with Crippen LogP contribution in [0.3, 0.4) is 0 Å². The van der Waals surface area contributed by atoms with Crippen molar-refractivity contribution >= 4 is 23.2 Å². The fraction of sp³-hybridized carbons (Fsp3) is 0.357. The van der Waals surface area contributed by atoms with E-state index < -0.39 is 29.0 Å². The predicted molar refractivity (Wildman–Crippen MR) is 144 cm³/mol. The number of anilines is 1. The summed E-state index contributed by atoms with van der Waals surface area (Å²) in [5.41, 5.74) is 1.82. The number of aromatic hydroxyl groups is 1. The quantitative estimate of drug-likeness (QED) is 0.368. The van der Waals surface area contributed by atoms with Gasteiger partial charge in [0.2, 0.25) is 5.91 Å². The van der Waals surface area contributed by atoms with E-state index in [0.717, 1.165) is 30.4 Å². The maximum Gasteiger partial charge on any atom is 0.222 e. The Morgan fingerprint density at radius 3 is 2.47 bits per heavy atom. The molecule has 8 nitrogen and oxygen atoms in total. The molecule has 0 atom stereocenters. The molecule has 3 aromatic rings. The van der Waals surface area contributed by atoms with E-state index in [1.54, 1.807) is 6.20 Å². The number of aryl methyl sites for hydroxylation is 1. The number of likely N-dealkylation sites (N-methyl/N-ethyl adjacent to an activating group) is 1. The number of carbonyl (C=O) groups excluding carboxylic acids is 1. The number of aliphatic imine (C=N–C) groups is 1. The van der Waals surface area contributed by atoms with Crippen molar-refractivity contribution in [2.75, 3.05) is 38.5 Å². The third kappa shape index (κ3) is 5.65. The van der Waals surface area contributed by atoms with E-state index in [1.807, 2.05) is 38.8 Å². The van der Waals surface area contributed by atoms with Crippen LogP contribution in [0, 0.1) is 18.6 Å². The molecule has 2 aromatic heterocycles. The van der Waals surface area contributed by atoms with Crippen molar-refractivity contribution in [2.24, 2.45) is 4.99 Å². The highest BCUT2D eigenvalue weighted by Gasteiger charge is 2.27. The molecule has 0 aliphatic carbocycles. The number of aromatic nitrogens is 2. The molecule has 3 heterocycles. The number of hydrogen-bond acceptors (Lipinski definition) is 6. The molecule has 1 aliphatic heterocycles. The summed E-state index contributed by atoms with van der Waals surface area (Å²) in [6, 6.07) is 6.73. The first-order valence-corrected chi connectivity index (χ1v) is 12.5. The monoisotopic (exact) mass is 522 g/mol. The van der Waals surface area contributed by atoms with E-state index >= 15 is 4.39 Å². The summed E-state index contributed by atoms with van der Waals surface area (Å²) in [5.74, 6) is -2.07. The minimum Gasteiger partial charge on any atom is -0.507 e. The number of benzene rings is 1. The zero-order valence-electron chi connectivity index (χ0n) is 22.2. The van der Waals surface area contributed by atoms with Crippen molar-refractivity contribution in [2.45, 2.75) is 33.6 Å². The number of carbonyl (C=O) groups is 1. The molecule has 1 fully saturated rings. The van der Waals surface area contributed by atoms with Crippen LogP contribution in [0.1, 0.15) is 43.5 Å². The summed E-state index contributed by atoms with van der Waals surface area (Å²) in [4.78, 5) is 30.3. The first-order valence-electron chi connectivity index (χ1n) is 12.5. The highest BCUT2D eigenvalue weighted by atomic mass is 19.1. The van der Waals surface area contributed by atoms with Crippen LogP contribution in [0.25, 0.3) is 11.3 Å². The third-order valence-electron chi connectivity index (χ3n) is 6.46. The fourth-order valence-corrected chi connectivity index (χ4v) is 4.41. The summed E-state index contributed by atoms with van der Waals surface area (Å²) in [5, 5.41) is 12.9. The summed E-state index contributed by atoms with van der Waals surface area (Å²) >= 11 is 0. The number of halogens is 2. The van der Waals surface area contributed by atoms with E-state index in [0.29, 0.717) is 24.6 Å². The van der Waals surface area contributed by atoms with Crippen molar-refractivity contribution in [1.29, 1.82) is 0 Å². The van der Waals surface area contributed by atoms with Gasteiger partial charge < -0.3 is 20.2 Å². The second-order valence-corrected chi connectivity index (χ2v) is 9.77. The lowest BCUT2D eigenvalue weighted by Crippen LogP contribution is -2.47. The molecule has 0 spiro atoms. The van der Waals surface area contributed by atoms with Crippen LogP contribution in [0.5, 0.6) is 5.75 Å². The van der Waals surface area contributed by atoms with E-state index in [-0.39, 0.29) is 22.9 Å². The van der Waals surface area contributed by atoms with Crippen LogP contribution >= 0.6 is 0 Å². The lowest BCUT2D eigenvalue weighted by atomic mass is 10.0. The van der Waals surface area contributed by atoms with Gasteiger partial charge in [0.25, 0.3) is 0 Å². The van der Waals surface area contributed by atoms with Crippen molar-refractivity contribution < 1.29 is 18.7 Å². The van der Waals surface area contributed by atoms with Gasteiger partial charge in [-0.2, -0.15) is 0 Å². The van der Waals surface area contributed by atoms with E-state index in [1.165, 1.54) is 25.1 Å². The van der Waals surface area contributed by atoms with E-state index in [9.17, 15) is 14.3 Å². The summed E-state index contributed by atoms with van der Waals surface area (Å²) in [6.07, 6.45) is 1.73. The van der Waals surface area contributed by atoms with Crippen LogP contribution in [0.2, 0.25) is 0 Å². The molecule has 1 aromatic carbocycles. The Morgan fingerprint density at radius 1 is 1.13 bits per heavy atom. The van der Waals surface area contributed by atoms with E-state index in [2.05, 4.69) is 20.2 Å². The number of phenolic OH excluding ortho intramolecular Hbond substituents is 1. The number of piperazine rings is 1. The van der Waals surface area contributed by atoms with Crippen LogP contribution < -0.4 is 5.32 Å². The predicted octanol–water partition coefficient (Wildman–Crippen LogP) is 4.84. The minimum atomic E-state index is -0.858. The number of nitrogens with zero attached hydrogens (tertiary/aromatic N) is 5. The molecule has 0 bridgehead atoms. The first kappa shape index (κ1) is 27.1. The Labute approximate surface area is 221 Å². The van der Waals surface area contributed by atoms with E-state index in [4.69, 9.17) is 4.99 Å². The zero-order valence-corrected chi connectivity index (χ0v) is 22.2. The normalized spacial score (nSPS) is 14.7. The lowest BCUT2D eigenvalue weighted by Gasteiger charge is -2.35. The van der Waals surface area contributed by atoms with Crippen LogP contribution in [-0.4, -0.2) is 69.8 Å². The van der Waals surface area contributed by atoms with Gasteiger partial charge in [-0.15, -0.1) is 0 Å². The van der Waals surface area contributed by atoms with Crippen molar-refractivity contribution in [3.05, 3.63) is 65.0 Å². The number of phenols is 1. The molecule has 10 heteroatoms. The molecular weight excluding hydrogens is 490 g/mol. The van der Waals surface area contributed by atoms with Crippen LogP contribution in [-0.2, 0) is 4.79 Å². The number of amidine groups is 1. The van der Waals surface area contributed by atoms with Gasteiger partial charge in [-0.3, -0.25) is 9.78 Å². The van der Waals surface area contributed by atoms with Gasteiger partial charge in [-0.25, -0.2) is 18.8 Å². The molecule has 0 saturated carbocycles. The second-order valence-electron chi connectivity index (χ2n) is 9.77. The maximum atomic E-state index is 15.7. The standard InChI is InChI=1S/C28H32F2N6O2/c1-16(2)24-25(17(3)9-10-31-24)34-28(36-13-11-35(5)12-14-36)19-15-21(30)26(33-27(19)32-18(4)37)23-20(29)7-6-8-22(23)38/h6-10,15-16,38H,11-14H2,1-5H3,(H,32,33,37). The summed E-state index contributed by atoms with van der Waals surface area (Å²) < 4.78 is 30.3. The van der Waals surface area contributed by atoms with Crippen LogP contribution in [0.4, 0.5) is 20.3 Å². The Hall–Kier alpha value is -3.92. The highest BCUT2D eigenvalue weighted by Crippen LogP contribution is 2.35. The Kier molecular flexibility index (Phi) is 8.01. The Balaban J connectivity index is 1.98. The molecule has 0 radical (unpaired) electrons. The number of amides is 1. The SMILES string of the molecule is CC(=O)Nc1nc(-c2c(O)cccc2F)c(F)cc1C(=Nc1c(C)ccnc1C(C)C)N1CCN(C)CC1. The molecule has 38 heavy (non-hydrogen) atoms. The lowest BCUT2D eigenvalue weighted by molar-refractivity contribution is -0.114. The van der Waals surface area contributed by atoms with Crippen molar-refractivity contribution in [1.82, 2.24) is 19.8 Å². The van der Waals surface area contributed by atoms with Gasteiger partial charge in [-0.1, -0.05) is 19.9 Å². The number of rotatable bonds is 5. The smallest absolute Gasteiger partial charge is 0.222 e.